The standard InChI is InChI=1S/C27H32FN5O3/c1-14-4-11-20(36-12-17-5-6-17)22(23(14)28)25-26-24(29-13-30-25)21(15(2)31-26)27(35)33-19-9-7-18(8-10-19)32-16(3)34/h4,11,13,17-19,31H,5-10,12H2,1-3H3,(H,32,34)(H,33,35)/t18-,19-. The maximum Gasteiger partial charge on any atom is 0.255 e. The summed E-state index contributed by atoms with van der Waals surface area (Å²) in [4.78, 5) is 36.7. The molecule has 0 spiro atoms. The second kappa shape index (κ2) is 9.87. The van der Waals surface area contributed by atoms with Crippen LogP contribution in [0.3, 0.4) is 0 Å². The molecule has 0 radical (unpaired) electrons. The second-order valence-corrected chi connectivity index (χ2v) is 10.1. The number of aromatic nitrogens is 3. The van der Waals surface area contributed by atoms with E-state index in [-0.39, 0.29) is 29.5 Å². The van der Waals surface area contributed by atoms with Crippen molar-refractivity contribution >= 4 is 22.8 Å². The Balaban J connectivity index is 1.43. The number of hydrogen-bond donors (Lipinski definition) is 3. The summed E-state index contributed by atoms with van der Waals surface area (Å²) < 4.78 is 21.4. The summed E-state index contributed by atoms with van der Waals surface area (Å²) in [5, 5.41) is 6.08. The number of rotatable bonds is 7. The van der Waals surface area contributed by atoms with E-state index in [4.69, 9.17) is 4.74 Å². The molecular weight excluding hydrogens is 461 g/mol. The summed E-state index contributed by atoms with van der Waals surface area (Å²) in [6, 6.07) is 3.66. The van der Waals surface area contributed by atoms with Gasteiger partial charge in [-0.3, -0.25) is 9.59 Å². The molecule has 3 N–H and O–H groups in total. The van der Waals surface area contributed by atoms with Crippen molar-refractivity contribution in [2.45, 2.75) is 71.4 Å². The maximum atomic E-state index is 15.4. The number of nitrogens with zero attached hydrogens (tertiary/aromatic N) is 2. The first-order chi connectivity index (χ1) is 17.3. The molecule has 0 bridgehead atoms. The van der Waals surface area contributed by atoms with Gasteiger partial charge >= 0.3 is 0 Å². The molecule has 2 aromatic heterocycles. The molecule has 2 fully saturated rings. The number of aryl methyl sites for hydroxylation is 2. The van der Waals surface area contributed by atoms with Gasteiger partial charge in [0.15, 0.2) is 0 Å². The average molecular weight is 494 g/mol. The number of benzene rings is 1. The van der Waals surface area contributed by atoms with Gasteiger partial charge in [-0.1, -0.05) is 6.07 Å². The van der Waals surface area contributed by atoms with E-state index in [1.807, 2.05) is 6.92 Å². The van der Waals surface area contributed by atoms with Crippen LogP contribution in [0.25, 0.3) is 22.3 Å². The predicted octanol–water partition coefficient (Wildman–Crippen LogP) is 4.35. The summed E-state index contributed by atoms with van der Waals surface area (Å²) in [5.74, 6) is 0.320. The Kier molecular flexibility index (Phi) is 6.64. The van der Waals surface area contributed by atoms with Crippen LogP contribution in [0.1, 0.15) is 67.1 Å². The van der Waals surface area contributed by atoms with Crippen LogP contribution in [0.4, 0.5) is 4.39 Å². The number of H-pyrrole nitrogens is 1. The third kappa shape index (κ3) is 4.92. The molecule has 0 saturated heterocycles. The average Bonchev–Trinajstić information content (AvgIpc) is 3.60. The van der Waals surface area contributed by atoms with Gasteiger partial charge < -0.3 is 20.4 Å². The smallest absolute Gasteiger partial charge is 0.255 e. The van der Waals surface area contributed by atoms with Crippen LogP contribution in [0.2, 0.25) is 0 Å². The van der Waals surface area contributed by atoms with Crippen molar-refractivity contribution in [3.63, 3.8) is 0 Å². The minimum absolute atomic E-state index is 0.0183. The summed E-state index contributed by atoms with van der Waals surface area (Å²) in [6.45, 7) is 5.59. The third-order valence-corrected chi connectivity index (χ3v) is 7.17. The minimum atomic E-state index is -0.391. The van der Waals surface area contributed by atoms with Gasteiger partial charge in [0.2, 0.25) is 5.91 Å². The van der Waals surface area contributed by atoms with Crippen LogP contribution in [0.15, 0.2) is 18.5 Å². The highest BCUT2D eigenvalue weighted by atomic mass is 19.1. The van der Waals surface area contributed by atoms with Crippen molar-refractivity contribution in [3.05, 3.63) is 41.1 Å². The van der Waals surface area contributed by atoms with Gasteiger partial charge in [0.05, 0.1) is 23.3 Å². The molecule has 0 unspecified atom stereocenters. The van der Waals surface area contributed by atoms with Crippen LogP contribution in [-0.2, 0) is 4.79 Å². The Morgan fingerprint density at radius 3 is 2.42 bits per heavy atom. The zero-order chi connectivity index (χ0) is 25.4. The first kappa shape index (κ1) is 24.2. The van der Waals surface area contributed by atoms with Gasteiger partial charge in [0.25, 0.3) is 5.91 Å². The van der Waals surface area contributed by atoms with Crippen LogP contribution in [-0.4, -0.2) is 45.5 Å². The van der Waals surface area contributed by atoms with Gasteiger partial charge in [-0.05, 0) is 69.9 Å². The highest BCUT2D eigenvalue weighted by Crippen LogP contribution is 2.39. The lowest BCUT2D eigenvalue weighted by molar-refractivity contribution is -0.119. The van der Waals surface area contributed by atoms with Crippen molar-refractivity contribution in [2.24, 2.45) is 5.92 Å². The number of aromatic amines is 1. The lowest BCUT2D eigenvalue weighted by atomic mass is 9.91. The zero-order valence-corrected chi connectivity index (χ0v) is 20.9. The number of hydrogen-bond acceptors (Lipinski definition) is 5. The molecule has 0 atom stereocenters. The number of fused-ring (bicyclic) bond motifs is 1. The Morgan fingerprint density at radius 2 is 1.75 bits per heavy atom. The third-order valence-electron chi connectivity index (χ3n) is 7.17. The van der Waals surface area contributed by atoms with Gasteiger partial charge in [-0.15, -0.1) is 0 Å². The molecule has 36 heavy (non-hydrogen) atoms. The Labute approximate surface area is 209 Å². The molecule has 2 heterocycles. The summed E-state index contributed by atoms with van der Waals surface area (Å²) in [5.41, 5.74) is 3.20. The monoisotopic (exact) mass is 493 g/mol. The van der Waals surface area contributed by atoms with E-state index >= 15 is 4.39 Å². The minimum Gasteiger partial charge on any atom is -0.492 e. The van der Waals surface area contributed by atoms with E-state index in [0.717, 1.165) is 38.5 Å². The van der Waals surface area contributed by atoms with Crippen LogP contribution < -0.4 is 15.4 Å². The fourth-order valence-electron chi connectivity index (χ4n) is 5.01. The molecule has 2 amide bonds. The molecule has 0 aliphatic heterocycles. The van der Waals surface area contributed by atoms with Crippen molar-refractivity contribution < 1.29 is 18.7 Å². The van der Waals surface area contributed by atoms with E-state index < -0.39 is 5.82 Å². The Bertz CT molecular complexity index is 1310. The molecule has 1 aromatic carbocycles. The fourth-order valence-corrected chi connectivity index (χ4v) is 5.01. The summed E-state index contributed by atoms with van der Waals surface area (Å²) in [7, 11) is 0. The topological polar surface area (TPSA) is 109 Å². The summed E-state index contributed by atoms with van der Waals surface area (Å²) >= 11 is 0. The number of halogens is 1. The number of carbonyl (C=O) groups excluding carboxylic acids is 2. The second-order valence-electron chi connectivity index (χ2n) is 10.1. The molecule has 2 aliphatic rings. The van der Waals surface area contributed by atoms with Crippen molar-refractivity contribution in [3.8, 4) is 17.0 Å². The van der Waals surface area contributed by atoms with E-state index in [1.54, 1.807) is 19.1 Å². The lowest BCUT2D eigenvalue weighted by Crippen LogP contribution is -2.43. The largest absolute Gasteiger partial charge is 0.492 e. The van der Waals surface area contributed by atoms with Gasteiger partial charge in [-0.25, -0.2) is 14.4 Å². The van der Waals surface area contributed by atoms with E-state index in [1.165, 1.54) is 13.3 Å². The highest BCUT2D eigenvalue weighted by molar-refractivity contribution is 6.09. The number of carbonyl (C=O) groups is 2. The van der Waals surface area contributed by atoms with Crippen molar-refractivity contribution in [1.82, 2.24) is 25.6 Å². The molecule has 9 heteroatoms. The quantitative estimate of drug-likeness (QED) is 0.454. The van der Waals surface area contributed by atoms with E-state index in [9.17, 15) is 9.59 Å². The first-order valence-corrected chi connectivity index (χ1v) is 12.6. The van der Waals surface area contributed by atoms with Crippen molar-refractivity contribution in [1.29, 1.82) is 0 Å². The molecule has 3 aromatic rings. The maximum absolute atomic E-state index is 15.4. The van der Waals surface area contributed by atoms with Gasteiger partial charge in [0, 0.05) is 24.7 Å². The fraction of sp³-hybridized carbons (Fsp3) is 0.481. The molecular formula is C27H32FN5O3. The lowest BCUT2D eigenvalue weighted by Gasteiger charge is -2.29. The molecule has 190 valence electrons. The zero-order valence-electron chi connectivity index (χ0n) is 20.9. The molecule has 2 aliphatic carbocycles. The number of ether oxygens (including phenoxy) is 1. The predicted molar refractivity (Wildman–Crippen MR) is 134 cm³/mol. The van der Waals surface area contributed by atoms with Crippen LogP contribution in [0.5, 0.6) is 5.75 Å². The highest BCUT2D eigenvalue weighted by Gasteiger charge is 2.28. The molecule has 2 saturated carbocycles. The van der Waals surface area contributed by atoms with Crippen LogP contribution >= 0.6 is 0 Å². The Hall–Kier alpha value is -3.49. The number of amides is 2. The molecule has 8 nitrogen and oxygen atoms in total. The van der Waals surface area contributed by atoms with Crippen molar-refractivity contribution in [2.75, 3.05) is 6.61 Å². The normalized spacial score (nSPS) is 19.8. The number of nitrogens with one attached hydrogen (secondary N) is 3. The Morgan fingerprint density at radius 1 is 1.06 bits per heavy atom. The van der Waals surface area contributed by atoms with Crippen LogP contribution in [0, 0.1) is 25.6 Å². The SMILES string of the molecule is CC(=O)N[C@H]1CC[C@H](NC(=O)c2c(C)[nH]c3c(-c4c(OCC5CC5)ccc(C)c4F)ncnc23)CC1. The van der Waals surface area contributed by atoms with Gasteiger partial charge in [-0.2, -0.15) is 0 Å². The van der Waals surface area contributed by atoms with E-state index in [2.05, 4.69) is 25.6 Å². The van der Waals surface area contributed by atoms with E-state index in [0.29, 0.717) is 51.8 Å². The molecule has 5 rings (SSSR count). The summed E-state index contributed by atoms with van der Waals surface area (Å²) in [6.07, 6.45) is 6.84. The first-order valence-electron chi connectivity index (χ1n) is 12.6. The van der Waals surface area contributed by atoms with Gasteiger partial charge in [0.1, 0.15) is 29.1 Å².